The van der Waals surface area contributed by atoms with Gasteiger partial charge in [0.2, 0.25) is 0 Å². The fourth-order valence-corrected chi connectivity index (χ4v) is 2.99. The molecule has 0 bridgehead atoms. The molecule has 3 rings (SSSR count). The molecule has 1 nitrogen and oxygen atoms in total. The van der Waals surface area contributed by atoms with Crippen LogP contribution in [-0.4, -0.2) is 5.78 Å². The summed E-state index contributed by atoms with van der Waals surface area (Å²) in [6.45, 7) is 0. The summed E-state index contributed by atoms with van der Waals surface area (Å²) in [6, 6.07) is 12.7. The quantitative estimate of drug-likeness (QED) is 0.759. The first-order valence-electron chi connectivity index (χ1n) is 6.21. The predicted molar refractivity (Wildman–Crippen MR) is 75.8 cm³/mol. The molecule has 3 heteroatoms. The van der Waals surface area contributed by atoms with E-state index in [0.29, 0.717) is 17.3 Å². The fourth-order valence-electron chi connectivity index (χ4n) is 2.65. The van der Waals surface area contributed by atoms with Crippen molar-refractivity contribution >= 4 is 21.7 Å². The zero-order valence-corrected chi connectivity index (χ0v) is 11.8. The third kappa shape index (κ3) is 2.35. The number of Topliss-reactive ketones (excluding diaryl/α,β-unsaturated/α-hetero) is 1. The van der Waals surface area contributed by atoms with Crippen molar-refractivity contribution in [2.45, 2.75) is 12.8 Å². The molecule has 0 amide bonds. The zero-order chi connectivity index (χ0) is 13.4. The highest BCUT2D eigenvalue weighted by molar-refractivity contribution is 9.10. The van der Waals surface area contributed by atoms with Crippen molar-refractivity contribution < 1.29 is 9.18 Å². The van der Waals surface area contributed by atoms with Gasteiger partial charge in [0.25, 0.3) is 0 Å². The average Bonchev–Trinajstić information content (AvgIpc) is 2.81. The van der Waals surface area contributed by atoms with Gasteiger partial charge in [-0.2, -0.15) is 0 Å². The predicted octanol–water partition coefficient (Wildman–Crippen LogP) is 4.19. The van der Waals surface area contributed by atoms with Gasteiger partial charge >= 0.3 is 0 Å². The van der Waals surface area contributed by atoms with E-state index >= 15 is 0 Å². The third-order valence-corrected chi connectivity index (χ3v) is 4.11. The summed E-state index contributed by atoms with van der Waals surface area (Å²) in [7, 11) is 0. The van der Waals surface area contributed by atoms with Gasteiger partial charge in [0.05, 0.1) is 5.56 Å². The molecule has 96 valence electrons. The number of carbonyl (C=O) groups is 1. The van der Waals surface area contributed by atoms with Gasteiger partial charge in [-0.25, -0.2) is 4.39 Å². The number of rotatable bonds is 2. The van der Waals surface area contributed by atoms with Gasteiger partial charge in [-0.1, -0.05) is 40.2 Å². The first kappa shape index (κ1) is 12.5. The smallest absolute Gasteiger partial charge is 0.169 e. The van der Waals surface area contributed by atoms with Crippen LogP contribution in [0.25, 0.3) is 0 Å². The summed E-state index contributed by atoms with van der Waals surface area (Å²) >= 11 is 3.20. The fraction of sp³-hybridized carbons (Fsp3) is 0.188. The van der Waals surface area contributed by atoms with Crippen molar-refractivity contribution in [1.82, 2.24) is 0 Å². The van der Waals surface area contributed by atoms with Crippen molar-refractivity contribution in [3.05, 3.63) is 69.4 Å². The van der Waals surface area contributed by atoms with Crippen molar-refractivity contribution in [1.29, 1.82) is 0 Å². The molecule has 0 aliphatic heterocycles. The van der Waals surface area contributed by atoms with Crippen molar-refractivity contribution in [2.75, 3.05) is 0 Å². The molecule has 0 radical (unpaired) electrons. The number of carbonyl (C=O) groups excluding carboxylic acids is 1. The van der Waals surface area contributed by atoms with Gasteiger partial charge in [0.15, 0.2) is 5.78 Å². The molecule has 0 saturated carbocycles. The standard InChI is InChI=1S/C16H12BrFO/c17-13-5-6-14(15(18)9-13)16(19)12-7-10-3-1-2-4-11(10)8-12/h1-6,9,12H,7-8H2. The van der Waals surface area contributed by atoms with Crippen molar-refractivity contribution in [3.63, 3.8) is 0 Å². The SMILES string of the molecule is O=C(c1ccc(Br)cc1F)C1Cc2ccccc2C1. The van der Waals surface area contributed by atoms with Gasteiger partial charge < -0.3 is 0 Å². The van der Waals surface area contributed by atoms with E-state index < -0.39 is 5.82 Å². The maximum Gasteiger partial charge on any atom is 0.169 e. The Kier molecular flexibility index (Phi) is 3.23. The first-order valence-corrected chi connectivity index (χ1v) is 7.00. The highest BCUT2D eigenvalue weighted by Crippen LogP contribution is 2.30. The van der Waals surface area contributed by atoms with Crippen LogP contribution < -0.4 is 0 Å². The molecule has 0 unspecified atom stereocenters. The highest BCUT2D eigenvalue weighted by Gasteiger charge is 2.29. The van der Waals surface area contributed by atoms with Gasteiger partial charge in [-0.05, 0) is 42.2 Å². The normalized spacial score (nSPS) is 14.4. The van der Waals surface area contributed by atoms with Gasteiger partial charge in [0.1, 0.15) is 5.82 Å². The number of fused-ring (bicyclic) bond motifs is 1. The first-order chi connectivity index (χ1) is 9.15. The topological polar surface area (TPSA) is 17.1 Å². The molecule has 19 heavy (non-hydrogen) atoms. The number of halogens is 2. The lowest BCUT2D eigenvalue weighted by atomic mass is 9.95. The molecule has 1 aliphatic carbocycles. The van der Waals surface area contributed by atoms with E-state index in [1.165, 1.54) is 17.2 Å². The highest BCUT2D eigenvalue weighted by atomic mass is 79.9. The molecule has 0 N–H and O–H groups in total. The minimum atomic E-state index is -0.449. The summed E-state index contributed by atoms with van der Waals surface area (Å²) < 4.78 is 14.5. The molecule has 0 atom stereocenters. The Labute approximate surface area is 119 Å². The van der Waals surface area contributed by atoms with Crippen LogP contribution in [0.15, 0.2) is 46.9 Å². The molecule has 2 aromatic rings. The van der Waals surface area contributed by atoms with Gasteiger partial charge in [0, 0.05) is 10.4 Å². The summed E-state index contributed by atoms with van der Waals surface area (Å²) in [6.07, 6.45) is 1.43. The van der Waals surface area contributed by atoms with Crippen molar-refractivity contribution in [2.24, 2.45) is 5.92 Å². The van der Waals surface area contributed by atoms with Crippen LogP contribution in [0.4, 0.5) is 4.39 Å². The minimum Gasteiger partial charge on any atom is -0.294 e. The molecule has 2 aromatic carbocycles. The van der Waals surface area contributed by atoms with E-state index in [0.717, 1.165) is 0 Å². The number of hydrogen-bond acceptors (Lipinski definition) is 1. The van der Waals surface area contributed by atoms with E-state index in [4.69, 9.17) is 0 Å². The van der Waals surface area contributed by atoms with Gasteiger partial charge in [-0.3, -0.25) is 4.79 Å². The molecule has 0 heterocycles. The number of benzene rings is 2. The second kappa shape index (κ2) is 4.89. The van der Waals surface area contributed by atoms with Crippen molar-refractivity contribution in [3.8, 4) is 0 Å². The number of hydrogen-bond donors (Lipinski definition) is 0. The van der Waals surface area contributed by atoms with E-state index in [1.54, 1.807) is 12.1 Å². The van der Waals surface area contributed by atoms with Crippen LogP contribution in [0, 0.1) is 11.7 Å². The Balaban J connectivity index is 1.87. The largest absolute Gasteiger partial charge is 0.294 e. The van der Waals surface area contributed by atoms with Crippen LogP contribution >= 0.6 is 15.9 Å². The van der Waals surface area contributed by atoms with Crippen LogP contribution in [0.2, 0.25) is 0 Å². The van der Waals surface area contributed by atoms with Crippen LogP contribution in [0.1, 0.15) is 21.5 Å². The maximum absolute atomic E-state index is 13.8. The third-order valence-electron chi connectivity index (χ3n) is 3.62. The molecular weight excluding hydrogens is 307 g/mol. The molecule has 1 aliphatic rings. The van der Waals surface area contributed by atoms with E-state index in [1.807, 2.05) is 24.3 Å². The van der Waals surface area contributed by atoms with Crippen LogP contribution in [0.3, 0.4) is 0 Å². The summed E-state index contributed by atoms with van der Waals surface area (Å²) in [5, 5.41) is 0. The molecule has 0 spiro atoms. The Morgan fingerprint density at radius 1 is 1.11 bits per heavy atom. The van der Waals surface area contributed by atoms with E-state index in [9.17, 15) is 9.18 Å². The second-order valence-corrected chi connectivity index (χ2v) is 5.78. The van der Waals surface area contributed by atoms with Crippen LogP contribution in [-0.2, 0) is 12.8 Å². The molecule has 0 aromatic heterocycles. The second-order valence-electron chi connectivity index (χ2n) is 4.86. The van der Waals surface area contributed by atoms with Crippen LogP contribution in [0.5, 0.6) is 0 Å². The molecule has 0 saturated heterocycles. The Morgan fingerprint density at radius 3 is 2.32 bits per heavy atom. The Hall–Kier alpha value is -1.48. The van der Waals surface area contributed by atoms with Gasteiger partial charge in [-0.15, -0.1) is 0 Å². The Bertz CT molecular complexity index is 626. The summed E-state index contributed by atoms with van der Waals surface area (Å²) in [4.78, 5) is 12.4. The summed E-state index contributed by atoms with van der Waals surface area (Å²) in [5.41, 5.74) is 2.61. The zero-order valence-electron chi connectivity index (χ0n) is 10.2. The monoisotopic (exact) mass is 318 g/mol. The molecular formula is C16H12BrFO. The Morgan fingerprint density at radius 2 is 1.74 bits per heavy atom. The maximum atomic E-state index is 13.8. The van der Waals surface area contributed by atoms with E-state index in [2.05, 4.69) is 15.9 Å². The lowest BCUT2D eigenvalue weighted by Crippen LogP contribution is -2.16. The summed E-state index contributed by atoms with van der Waals surface area (Å²) in [5.74, 6) is -0.676. The molecule has 0 fully saturated rings. The lowest BCUT2D eigenvalue weighted by molar-refractivity contribution is 0.0920. The lowest BCUT2D eigenvalue weighted by Gasteiger charge is -2.09. The number of ketones is 1. The minimum absolute atomic E-state index is 0.0961. The average molecular weight is 319 g/mol. The van der Waals surface area contributed by atoms with E-state index in [-0.39, 0.29) is 17.3 Å².